The number of carbonyl (C=O) groups excluding carboxylic acids is 2. The molecule has 6 rings (SSSR count). The lowest BCUT2D eigenvalue weighted by molar-refractivity contribution is -0.125. The molecule has 1 aliphatic heterocycles. The molecule has 3 aromatic rings. The molecule has 11 heteroatoms. The first-order valence-corrected chi connectivity index (χ1v) is 15.1. The highest BCUT2D eigenvalue weighted by molar-refractivity contribution is 6.04. The predicted octanol–water partition coefficient (Wildman–Crippen LogP) is 3.94. The number of amides is 2. The second-order valence-electron chi connectivity index (χ2n) is 11.7. The number of benzene rings is 1. The molecule has 1 saturated heterocycles. The van der Waals surface area contributed by atoms with E-state index in [2.05, 4.69) is 32.2 Å². The monoisotopic (exact) mass is 594 g/mol. The Morgan fingerprint density at radius 1 is 1.09 bits per heavy atom. The summed E-state index contributed by atoms with van der Waals surface area (Å²) in [5.74, 6) is 2.11. The largest absolute Gasteiger partial charge is 0.456 e. The smallest absolute Gasteiger partial charge is 0.256 e. The van der Waals surface area contributed by atoms with Crippen molar-refractivity contribution >= 4 is 29.3 Å². The summed E-state index contributed by atoms with van der Waals surface area (Å²) in [7, 11) is 2.08. The molecule has 0 radical (unpaired) electrons. The molecule has 0 bridgehead atoms. The van der Waals surface area contributed by atoms with Gasteiger partial charge in [-0.2, -0.15) is 0 Å². The Labute approximate surface area is 257 Å². The number of nitrogen functional groups attached to an aromatic ring is 1. The number of aromatic nitrogens is 2. The average molecular weight is 595 g/mol. The molecule has 1 aromatic carbocycles. The molecule has 2 aromatic heterocycles. The van der Waals surface area contributed by atoms with Gasteiger partial charge in [0.1, 0.15) is 34.5 Å². The minimum Gasteiger partial charge on any atom is -0.456 e. The minimum absolute atomic E-state index is 0.0180. The van der Waals surface area contributed by atoms with Crippen LogP contribution in [0.1, 0.15) is 59.5 Å². The van der Waals surface area contributed by atoms with Gasteiger partial charge >= 0.3 is 0 Å². The van der Waals surface area contributed by atoms with Crippen molar-refractivity contribution in [2.75, 3.05) is 37.7 Å². The lowest BCUT2D eigenvalue weighted by Gasteiger charge is -2.15. The summed E-state index contributed by atoms with van der Waals surface area (Å²) < 4.78 is 6.12. The van der Waals surface area contributed by atoms with Crippen molar-refractivity contribution < 1.29 is 14.3 Å². The number of likely N-dealkylation sites (tertiary alicyclic amines) is 1. The van der Waals surface area contributed by atoms with Gasteiger partial charge in [-0.05, 0) is 87.0 Å². The fourth-order valence-electron chi connectivity index (χ4n) is 5.38. The van der Waals surface area contributed by atoms with Crippen molar-refractivity contribution in [2.45, 2.75) is 50.1 Å². The van der Waals surface area contributed by atoms with Crippen LogP contribution in [0.5, 0.6) is 11.5 Å². The van der Waals surface area contributed by atoms with Crippen molar-refractivity contribution in [2.24, 2.45) is 10.7 Å². The SMILES string of the molecule is CN(C/C=C/C(=O)N1CCC(N=C(N)c2c(Oc3ccc(C(=O)Nc4cc(C5CC5)ccn4)cc3)ccnc2N)C1)C1CC1. The highest BCUT2D eigenvalue weighted by atomic mass is 16.5. The summed E-state index contributed by atoms with van der Waals surface area (Å²) in [5.41, 5.74) is 14.7. The zero-order valence-electron chi connectivity index (χ0n) is 24.9. The van der Waals surface area contributed by atoms with Crippen LogP contribution in [0.4, 0.5) is 11.6 Å². The van der Waals surface area contributed by atoms with Crippen LogP contribution in [-0.2, 0) is 4.79 Å². The van der Waals surface area contributed by atoms with Crippen molar-refractivity contribution in [3.8, 4) is 11.5 Å². The molecule has 5 N–H and O–H groups in total. The van der Waals surface area contributed by atoms with Gasteiger partial charge in [-0.15, -0.1) is 0 Å². The number of nitrogens with zero attached hydrogens (tertiary/aromatic N) is 5. The number of likely N-dealkylation sites (N-methyl/N-ethyl adjacent to an activating group) is 1. The molecule has 228 valence electrons. The van der Waals surface area contributed by atoms with Crippen LogP contribution >= 0.6 is 0 Å². The lowest BCUT2D eigenvalue weighted by atomic mass is 10.1. The third-order valence-electron chi connectivity index (χ3n) is 8.24. The number of amidine groups is 1. The maximum absolute atomic E-state index is 12.8. The van der Waals surface area contributed by atoms with Gasteiger partial charge in [-0.3, -0.25) is 19.5 Å². The zero-order chi connectivity index (χ0) is 30.6. The quantitative estimate of drug-likeness (QED) is 0.172. The first-order valence-electron chi connectivity index (χ1n) is 15.1. The molecule has 2 amide bonds. The number of ether oxygens (including phenoxy) is 1. The Bertz CT molecular complexity index is 1580. The summed E-state index contributed by atoms with van der Waals surface area (Å²) in [5, 5.41) is 2.87. The van der Waals surface area contributed by atoms with Gasteiger partial charge in [0.2, 0.25) is 5.91 Å². The molecule has 2 aliphatic carbocycles. The standard InChI is InChI=1S/C33H38N8O3/c1-40(25-8-9-25)17-2-3-29(42)41-18-14-24(20-41)38-32(35)30-27(13-16-37-31(30)34)44-26-10-6-22(7-11-26)33(43)39-28-19-23(12-15-36-28)21-4-5-21/h2-3,6-7,10-13,15-16,19,21,24-25H,4-5,8-9,14,17-18,20H2,1H3,(H2,34,37)(H2,35,38)(H,36,39,43)/b3-2+. The van der Waals surface area contributed by atoms with Crippen molar-refractivity contribution in [3.63, 3.8) is 0 Å². The second-order valence-corrected chi connectivity index (χ2v) is 11.7. The Hall–Kier alpha value is -4.77. The minimum atomic E-state index is -0.257. The van der Waals surface area contributed by atoms with Gasteiger partial charge in [0.15, 0.2) is 0 Å². The number of rotatable bonds is 11. The van der Waals surface area contributed by atoms with Gasteiger partial charge in [-0.25, -0.2) is 9.97 Å². The van der Waals surface area contributed by atoms with Crippen LogP contribution in [0.3, 0.4) is 0 Å². The summed E-state index contributed by atoms with van der Waals surface area (Å²) in [6.45, 7) is 1.85. The van der Waals surface area contributed by atoms with Gasteiger partial charge in [-0.1, -0.05) is 6.08 Å². The third-order valence-corrected chi connectivity index (χ3v) is 8.24. The highest BCUT2D eigenvalue weighted by Gasteiger charge is 2.27. The van der Waals surface area contributed by atoms with Gasteiger partial charge < -0.3 is 26.4 Å². The summed E-state index contributed by atoms with van der Waals surface area (Å²) in [4.78, 5) is 42.7. The van der Waals surface area contributed by atoms with E-state index in [1.54, 1.807) is 47.5 Å². The average Bonchev–Trinajstić information content (AvgIpc) is 3.95. The van der Waals surface area contributed by atoms with Crippen LogP contribution < -0.4 is 21.5 Å². The van der Waals surface area contributed by atoms with Crippen molar-refractivity contribution in [1.29, 1.82) is 0 Å². The van der Waals surface area contributed by atoms with Crippen LogP contribution in [0.2, 0.25) is 0 Å². The number of nitrogens with two attached hydrogens (primary N) is 2. The van der Waals surface area contributed by atoms with E-state index in [1.165, 1.54) is 37.4 Å². The molecule has 3 aliphatic rings. The molecular formula is C33H38N8O3. The van der Waals surface area contributed by atoms with E-state index >= 15 is 0 Å². The second kappa shape index (κ2) is 12.8. The van der Waals surface area contributed by atoms with Gasteiger partial charge in [0.25, 0.3) is 5.91 Å². The Morgan fingerprint density at radius 2 is 1.86 bits per heavy atom. The van der Waals surface area contributed by atoms with Crippen molar-refractivity contribution in [3.05, 3.63) is 83.7 Å². The van der Waals surface area contributed by atoms with Gasteiger partial charge in [0, 0.05) is 55.8 Å². The van der Waals surface area contributed by atoms with E-state index in [4.69, 9.17) is 16.2 Å². The zero-order valence-corrected chi connectivity index (χ0v) is 24.9. The van der Waals surface area contributed by atoms with E-state index in [0.717, 1.165) is 6.54 Å². The number of nitrogens with one attached hydrogen (secondary N) is 1. The molecule has 11 nitrogen and oxygen atoms in total. The predicted molar refractivity (Wildman–Crippen MR) is 170 cm³/mol. The third kappa shape index (κ3) is 7.23. The maximum Gasteiger partial charge on any atom is 0.256 e. The summed E-state index contributed by atoms with van der Waals surface area (Å²) >= 11 is 0. The number of hydrogen-bond donors (Lipinski definition) is 3. The summed E-state index contributed by atoms with van der Waals surface area (Å²) in [6, 6.07) is 12.9. The number of aliphatic imine (C=N–C) groups is 1. The topological polar surface area (TPSA) is 152 Å². The normalized spacial score (nSPS) is 18.6. The van der Waals surface area contributed by atoms with Crippen LogP contribution in [0.25, 0.3) is 0 Å². The van der Waals surface area contributed by atoms with Crippen molar-refractivity contribution in [1.82, 2.24) is 19.8 Å². The molecule has 44 heavy (non-hydrogen) atoms. The molecule has 3 fully saturated rings. The van der Waals surface area contributed by atoms with Crippen LogP contribution in [0, 0.1) is 0 Å². The molecule has 1 atom stereocenters. The van der Waals surface area contributed by atoms with E-state index in [0.29, 0.717) is 59.9 Å². The Balaban J connectivity index is 1.07. The fraction of sp³-hybridized carbons (Fsp3) is 0.364. The van der Waals surface area contributed by atoms with E-state index in [9.17, 15) is 9.59 Å². The highest BCUT2D eigenvalue weighted by Crippen LogP contribution is 2.40. The molecular weight excluding hydrogens is 556 g/mol. The summed E-state index contributed by atoms with van der Waals surface area (Å²) in [6.07, 6.45) is 12.4. The number of hydrogen-bond acceptors (Lipinski definition) is 8. The first kappa shape index (κ1) is 29.3. The van der Waals surface area contributed by atoms with Crippen LogP contribution in [-0.4, -0.2) is 76.2 Å². The van der Waals surface area contributed by atoms with Crippen LogP contribution in [0.15, 0.2) is 72.0 Å². The number of pyridine rings is 2. The Morgan fingerprint density at radius 3 is 2.61 bits per heavy atom. The maximum atomic E-state index is 12.8. The van der Waals surface area contributed by atoms with Gasteiger partial charge in [0.05, 0.1) is 6.04 Å². The molecule has 1 unspecified atom stereocenters. The van der Waals surface area contributed by atoms with E-state index in [1.807, 2.05) is 18.2 Å². The van der Waals surface area contributed by atoms with E-state index in [-0.39, 0.29) is 29.5 Å². The van der Waals surface area contributed by atoms with E-state index < -0.39 is 0 Å². The fourth-order valence-corrected chi connectivity index (χ4v) is 5.38. The molecule has 2 saturated carbocycles. The number of carbonyl (C=O) groups is 2. The molecule has 0 spiro atoms. The Kier molecular flexibility index (Phi) is 8.56. The lowest BCUT2D eigenvalue weighted by Crippen LogP contribution is -2.29. The number of anilines is 2. The first-order chi connectivity index (χ1) is 21.3. The molecule has 3 heterocycles.